The zero-order chi connectivity index (χ0) is 16.2. The van der Waals surface area contributed by atoms with Crippen LogP contribution in [0.5, 0.6) is 0 Å². The van der Waals surface area contributed by atoms with Crippen LogP contribution in [0, 0.1) is 5.41 Å². The Kier molecular flexibility index (Phi) is 3.20. The molecule has 1 aliphatic heterocycles. The minimum Gasteiger partial charge on any atom is -0.328 e. The van der Waals surface area contributed by atoms with Crippen molar-refractivity contribution in [2.45, 2.75) is 32.7 Å². The van der Waals surface area contributed by atoms with Crippen molar-refractivity contribution in [2.75, 3.05) is 5.32 Å². The molecule has 0 radical (unpaired) electrons. The molecule has 1 aromatic carbocycles. The van der Waals surface area contributed by atoms with Gasteiger partial charge >= 0.3 is 0 Å². The topological polar surface area (TPSA) is 59.8 Å². The summed E-state index contributed by atoms with van der Waals surface area (Å²) < 4.78 is 2.82. The van der Waals surface area contributed by atoms with Gasteiger partial charge in [0.05, 0.1) is 0 Å². The van der Waals surface area contributed by atoms with Crippen molar-refractivity contribution >= 4 is 27.7 Å². The van der Waals surface area contributed by atoms with Crippen LogP contribution in [0.25, 0.3) is 0 Å². The van der Waals surface area contributed by atoms with Crippen LogP contribution in [0.4, 0.5) is 5.95 Å². The van der Waals surface area contributed by atoms with Crippen LogP contribution in [0.3, 0.4) is 0 Å². The number of hydrogen-bond donors (Lipinski definition) is 1. The predicted molar refractivity (Wildman–Crippen MR) is 91.0 cm³/mol. The van der Waals surface area contributed by atoms with Gasteiger partial charge in [-0.2, -0.15) is 10.1 Å². The first-order valence-corrected chi connectivity index (χ1v) is 8.42. The lowest BCUT2D eigenvalue weighted by Crippen LogP contribution is -2.36. The SMILES string of the molecule is CC1(C)CC(=O)C2=C(C1)Nc1ncnn1C2c1ccc(Br)cc1. The van der Waals surface area contributed by atoms with Crippen molar-refractivity contribution in [2.24, 2.45) is 5.41 Å². The smallest absolute Gasteiger partial charge is 0.226 e. The fourth-order valence-electron chi connectivity index (χ4n) is 3.50. The summed E-state index contributed by atoms with van der Waals surface area (Å²) in [4.78, 5) is 17.2. The summed E-state index contributed by atoms with van der Waals surface area (Å²) in [5.74, 6) is 0.889. The summed E-state index contributed by atoms with van der Waals surface area (Å²) in [6.45, 7) is 4.26. The molecule has 6 heteroatoms. The molecule has 1 atom stereocenters. The number of benzene rings is 1. The first kappa shape index (κ1) is 14.6. The Morgan fingerprint density at radius 3 is 2.74 bits per heavy atom. The number of anilines is 1. The zero-order valence-electron chi connectivity index (χ0n) is 13.0. The van der Waals surface area contributed by atoms with Crippen LogP contribution in [0.1, 0.15) is 38.3 Å². The molecule has 118 valence electrons. The fourth-order valence-corrected chi connectivity index (χ4v) is 3.77. The van der Waals surface area contributed by atoms with Gasteiger partial charge in [-0.15, -0.1) is 0 Å². The molecule has 0 fully saturated rings. The van der Waals surface area contributed by atoms with Crippen LogP contribution in [-0.2, 0) is 4.79 Å². The number of aromatic nitrogens is 3. The third kappa shape index (κ3) is 2.41. The van der Waals surface area contributed by atoms with Crippen molar-refractivity contribution in [3.8, 4) is 0 Å². The Labute approximate surface area is 142 Å². The third-order valence-electron chi connectivity index (χ3n) is 4.46. The van der Waals surface area contributed by atoms with E-state index in [0.717, 1.165) is 27.7 Å². The maximum atomic E-state index is 12.9. The van der Waals surface area contributed by atoms with Crippen LogP contribution >= 0.6 is 15.9 Å². The number of rotatable bonds is 1. The van der Waals surface area contributed by atoms with E-state index < -0.39 is 0 Å². The first-order chi connectivity index (χ1) is 10.9. The van der Waals surface area contributed by atoms with Gasteiger partial charge in [0.1, 0.15) is 12.4 Å². The van der Waals surface area contributed by atoms with E-state index in [4.69, 9.17) is 0 Å². The number of Topliss-reactive ketones (excluding diaryl/α,β-unsaturated/α-hetero) is 1. The van der Waals surface area contributed by atoms with Gasteiger partial charge in [-0.25, -0.2) is 4.68 Å². The van der Waals surface area contributed by atoms with E-state index >= 15 is 0 Å². The minimum absolute atomic E-state index is 0.0324. The molecular formula is C17H17BrN4O. The van der Waals surface area contributed by atoms with Gasteiger partial charge in [0.2, 0.25) is 5.95 Å². The molecule has 0 amide bonds. The number of nitrogens with zero attached hydrogens (tertiary/aromatic N) is 3. The average molecular weight is 373 g/mol. The standard InChI is InChI=1S/C17H17BrN4O/c1-17(2)7-12-14(13(23)8-17)15(10-3-5-11(18)6-4-10)22-16(21-12)19-9-20-22/h3-6,9,15H,7-8H2,1-2H3,(H,19,20,21). The van der Waals surface area contributed by atoms with Crippen molar-refractivity contribution in [3.63, 3.8) is 0 Å². The highest BCUT2D eigenvalue weighted by molar-refractivity contribution is 9.10. The first-order valence-electron chi connectivity index (χ1n) is 7.63. The van der Waals surface area contributed by atoms with E-state index in [2.05, 4.69) is 45.2 Å². The second kappa shape index (κ2) is 5.03. The number of carbonyl (C=O) groups is 1. The second-order valence-electron chi connectivity index (χ2n) is 6.94. The van der Waals surface area contributed by atoms with Crippen molar-refractivity contribution in [3.05, 3.63) is 51.9 Å². The second-order valence-corrected chi connectivity index (χ2v) is 7.86. The molecule has 1 aromatic heterocycles. The largest absolute Gasteiger partial charge is 0.328 e. The lowest BCUT2D eigenvalue weighted by atomic mass is 9.73. The van der Waals surface area contributed by atoms with Gasteiger partial charge in [-0.05, 0) is 29.5 Å². The molecule has 1 aliphatic carbocycles. The number of carbonyl (C=O) groups excluding carboxylic acids is 1. The number of fused-ring (bicyclic) bond motifs is 1. The molecule has 4 rings (SSSR count). The molecule has 0 spiro atoms. The van der Waals surface area contributed by atoms with E-state index in [-0.39, 0.29) is 17.2 Å². The van der Waals surface area contributed by atoms with Gasteiger partial charge in [-0.3, -0.25) is 4.79 Å². The number of hydrogen-bond acceptors (Lipinski definition) is 4. The summed E-state index contributed by atoms with van der Waals surface area (Å²) in [7, 11) is 0. The summed E-state index contributed by atoms with van der Waals surface area (Å²) in [6.07, 6.45) is 2.93. The molecule has 0 bridgehead atoms. The van der Waals surface area contributed by atoms with Gasteiger partial charge in [0, 0.05) is 22.2 Å². The molecule has 23 heavy (non-hydrogen) atoms. The maximum Gasteiger partial charge on any atom is 0.226 e. The molecule has 2 aromatic rings. The number of ketones is 1. The van der Waals surface area contributed by atoms with Gasteiger partial charge in [-0.1, -0.05) is 41.9 Å². The van der Waals surface area contributed by atoms with Gasteiger partial charge in [0.25, 0.3) is 0 Å². The highest BCUT2D eigenvalue weighted by atomic mass is 79.9. The van der Waals surface area contributed by atoms with E-state index in [9.17, 15) is 4.79 Å². The Morgan fingerprint density at radius 1 is 1.26 bits per heavy atom. The summed E-state index contributed by atoms with van der Waals surface area (Å²) in [5, 5.41) is 7.66. The van der Waals surface area contributed by atoms with Crippen LogP contribution < -0.4 is 5.32 Å². The van der Waals surface area contributed by atoms with Crippen molar-refractivity contribution in [1.82, 2.24) is 14.8 Å². The van der Waals surface area contributed by atoms with Gasteiger partial charge < -0.3 is 5.32 Å². The third-order valence-corrected chi connectivity index (χ3v) is 4.99. The molecule has 2 aliphatic rings. The van der Waals surface area contributed by atoms with E-state index in [1.165, 1.54) is 6.33 Å². The average Bonchev–Trinajstić information content (AvgIpc) is 2.92. The zero-order valence-corrected chi connectivity index (χ0v) is 14.6. The van der Waals surface area contributed by atoms with Crippen LogP contribution in [0.15, 0.2) is 46.3 Å². The molecule has 0 saturated heterocycles. The normalized spacial score (nSPS) is 22.4. The minimum atomic E-state index is -0.208. The maximum absolute atomic E-state index is 12.9. The van der Waals surface area contributed by atoms with E-state index in [1.807, 2.05) is 24.3 Å². The number of allylic oxidation sites excluding steroid dienone is 2. The van der Waals surface area contributed by atoms with Crippen LogP contribution in [0.2, 0.25) is 0 Å². The lowest BCUT2D eigenvalue weighted by Gasteiger charge is -2.38. The monoisotopic (exact) mass is 372 g/mol. The van der Waals surface area contributed by atoms with E-state index in [1.54, 1.807) is 4.68 Å². The Morgan fingerprint density at radius 2 is 2.00 bits per heavy atom. The molecule has 0 saturated carbocycles. The molecule has 5 nitrogen and oxygen atoms in total. The molecule has 1 unspecified atom stereocenters. The van der Waals surface area contributed by atoms with Crippen LogP contribution in [-0.4, -0.2) is 20.5 Å². The number of halogens is 1. The summed E-state index contributed by atoms with van der Waals surface area (Å²) in [5.41, 5.74) is 2.82. The van der Waals surface area contributed by atoms with E-state index in [0.29, 0.717) is 12.4 Å². The molecular weight excluding hydrogens is 356 g/mol. The Hall–Kier alpha value is -1.95. The fraction of sp³-hybridized carbons (Fsp3) is 0.353. The summed E-state index contributed by atoms with van der Waals surface area (Å²) in [6, 6.07) is 7.84. The van der Waals surface area contributed by atoms with Crippen molar-refractivity contribution in [1.29, 1.82) is 0 Å². The highest BCUT2D eigenvalue weighted by Gasteiger charge is 2.41. The summed E-state index contributed by atoms with van der Waals surface area (Å²) >= 11 is 3.46. The number of nitrogens with one attached hydrogen (secondary N) is 1. The Bertz CT molecular complexity index is 819. The molecule has 1 N–H and O–H groups in total. The van der Waals surface area contributed by atoms with Crippen molar-refractivity contribution < 1.29 is 4.79 Å². The lowest BCUT2D eigenvalue weighted by molar-refractivity contribution is -0.118. The highest BCUT2D eigenvalue weighted by Crippen LogP contribution is 2.45. The predicted octanol–water partition coefficient (Wildman–Crippen LogP) is 3.70. The quantitative estimate of drug-likeness (QED) is 0.828. The molecule has 2 heterocycles. The Balaban J connectivity index is 1.89. The van der Waals surface area contributed by atoms with Gasteiger partial charge in [0.15, 0.2) is 5.78 Å².